The Balaban J connectivity index is 2.23. The lowest BCUT2D eigenvalue weighted by molar-refractivity contribution is -0.146. The Morgan fingerprint density at radius 1 is 1.60 bits per heavy atom. The number of piperazine rings is 1. The summed E-state index contributed by atoms with van der Waals surface area (Å²) in [7, 11) is 1.53. The Morgan fingerprint density at radius 2 is 2.35 bits per heavy atom. The molecule has 1 fully saturated rings. The van der Waals surface area contributed by atoms with Crippen LogP contribution in [0.1, 0.15) is 5.56 Å². The largest absolute Gasteiger partial charge is 0.496 e. The van der Waals surface area contributed by atoms with E-state index in [1.807, 2.05) is 0 Å². The van der Waals surface area contributed by atoms with Gasteiger partial charge in [-0.3, -0.25) is 14.5 Å². The van der Waals surface area contributed by atoms with Crippen LogP contribution in [0.15, 0.2) is 18.2 Å². The van der Waals surface area contributed by atoms with Gasteiger partial charge in [0.1, 0.15) is 11.8 Å². The molecule has 1 aromatic carbocycles. The van der Waals surface area contributed by atoms with Crippen LogP contribution < -0.4 is 10.1 Å². The molecule has 0 saturated carbocycles. The zero-order chi connectivity index (χ0) is 14.7. The monoisotopic (exact) mass is 298 g/mol. The van der Waals surface area contributed by atoms with Crippen molar-refractivity contribution >= 4 is 23.5 Å². The maximum Gasteiger partial charge on any atom is 0.322 e. The molecule has 2 rings (SSSR count). The summed E-state index contributed by atoms with van der Waals surface area (Å²) in [6.45, 7) is 0.414. The van der Waals surface area contributed by atoms with E-state index in [0.717, 1.165) is 5.56 Å². The number of amides is 1. The average Bonchev–Trinajstić information content (AvgIpc) is 2.38. The number of carbonyl (C=O) groups is 2. The van der Waals surface area contributed by atoms with Gasteiger partial charge in [0, 0.05) is 23.7 Å². The predicted octanol–water partition coefficient (Wildman–Crippen LogP) is 0.734. The second-order valence-corrected chi connectivity index (χ2v) is 4.96. The smallest absolute Gasteiger partial charge is 0.322 e. The molecule has 1 heterocycles. The van der Waals surface area contributed by atoms with Crippen molar-refractivity contribution in [3.63, 3.8) is 0 Å². The molecule has 0 aromatic heterocycles. The molecule has 0 spiro atoms. The van der Waals surface area contributed by atoms with E-state index in [4.69, 9.17) is 16.3 Å². The van der Waals surface area contributed by atoms with Crippen molar-refractivity contribution in [3.05, 3.63) is 28.8 Å². The number of nitrogens with zero attached hydrogens (tertiary/aromatic N) is 1. The first-order chi connectivity index (χ1) is 9.51. The fourth-order valence-corrected chi connectivity index (χ4v) is 2.38. The predicted molar refractivity (Wildman–Crippen MR) is 72.8 cm³/mol. The molecule has 2 N–H and O–H groups in total. The van der Waals surface area contributed by atoms with Crippen molar-refractivity contribution in [2.75, 3.05) is 20.2 Å². The van der Waals surface area contributed by atoms with Crippen molar-refractivity contribution in [2.45, 2.75) is 12.6 Å². The SMILES string of the molecule is COc1ccc(Cl)cc1CN1CC(=O)NCC1C(=O)O. The third-order valence-electron chi connectivity index (χ3n) is 3.18. The van der Waals surface area contributed by atoms with Crippen LogP contribution in [0, 0.1) is 0 Å². The summed E-state index contributed by atoms with van der Waals surface area (Å²) in [5.41, 5.74) is 0.751. The summed E-state index contributed by atoms with van der Waals surface area (Å²) in [5.74, 6) is -0.543. The Hall–Kier alpha value is -1.79. The summed E-state index contributed by atoms with van der Waals surface area (Å²) in [5, 5.41) is 12.3. The summed E-state index contributed by atoms with van der Waals surface area (Å²) in [4.78, 5) is 24.3. The summed E-state index contributed by atoms with van der Waals surface area (Å²) in [6.07, 6.45) is 0. The van der Waals surface area contributed by atoms with E-state index in [-0.39, 0.29) is 25.5 Å². The quantitative estimate of drug-likeness (QED) is 0.857. The second-order valence-electron chi connectivity index (χ2n) is 4.52. The van der Waals surface area contributed by atoms with Crippen molar-refractivity contribution in [1.82, 2.24) is 10.2 Å². The van der Waals surface area contributed by atoms with E-state index in [1.165, 1.54) is 7.11 Å². The van der Waals surface area contributed by atoms with Gasteiger partial charge in [-0.2, -0.15) is 0 Å². The molecule has 1 atom stereocenters. The Morgan fingerprint density at radius 3 is 3.00 bits per heavy atom. The Bertz CT molecular complexity index is 535. The van der Waals surface area contributed by atoms with E-state index in [0.29, 0.717) is 10.8 Å². The van der Waals surface area contributed by atoms with Crippen molar-refractivity contribution in [2.24, 2.45) is 0 Å². The fourth-order valence-electron chi connectivity index (χ4n) is 2.19. The lowest BCUT2D eigenvalue weighted by Gasteiger charge is -2.32. The number of carboxylic acid groups (broad SMARTS) is 1. The van der Waals surface area contributed by atoms with E-state index >= 15 is 0 Å². The molecule has 7 heteroatoms. The van der Waals surface area contributed by atoms with Crippen LogP contribution in [0.5, 0.6) is 5.75 Å². The molecule has 1 aliphatic rings. The topological polar surface area (TPSA) is 78.9 Å². The van der Waals surface area contributed by atoms with Gasteiger partial charge in [0.05, 0.1) is 13.7 Å². The van der Waals surface area contributed by atoms with E-state index in [2.05, 4.69) is 5.32 Å². The number of methoxy groups -OCH3 is 1. The summed E-state index contributed by atoms with van der Waals surface area (Å²) in [6, 6.07) is 4.38. The lowest BCUT2D eigenvalue weighted by atomic mass is 10.1. The maximum absolute atomic E-state index is 11.5. The number of halogens is 1. The molecule has 1 unspecified atom stereocenters. The first kappa shape index (κ1) is 14.6. The van der Waals surface area contributed by atoms with Gasteiger partial charge in [-0.15, -0.1) is 0 Å². The van der Waals surface area contributed by atoms with Gasteiger partial charge >= 0.3 is 5.97 Å². The number of hydrogen-bond donors (Lipinski definition) is 2. The number of rotatable bonds is 4. The zero-order valence-corrected chi connectivity index (χ0v) is 11.7. The normalized spacial score (nSPS) is 19.5. The molecule has 0 radical (unpaired) electrons. The van der Waals surface area contributed by atoms with Gasteiger partial charge in [0.2, 0.25) is 5.91 Å². The third kappa shape index (κ3) is 3.20. The molecule has 20 heavy (non-hydrogen) atoms. The number of carbonyl (C=O) groups excluding carboxylic acids is 1. The molecule has 1 amide bonds. The fraction of sp³-hybridized carbons (Fsp3) is 0.385. The standard InChI is InChI=1S/C13H15ClN2O4/c1-20-11-3-2-9(14)4-8(11)6-16-7-12(17)15-5-10(16)13(18)19/h2-4,10H,5-7H2,1H3,(H,15,17)(H,18,19). The van der Waals surface area contributed by atoms with Gasteiger partial charge in [0.15, 0.2) is 0 Å². The number of nitrogens with one attached hydrogen (secondary N) is 1. The van der Waals surface area contributed by atoms with Gasteiger partial charge in [-0.25, -0.2) is 0 Å². The maximum atomic E-state index is 11.5. The van der Waals surface area contributed by atoms with Crippen LogP contribution >= 0.6 is 11.6 Å². The highest BCUT2D eigenvalue weighted by molar-refractivity contribution is 6.30. The van der Waals surface area contributed by atoms with Crippen molar-refractivity contribution in [3.8, 4) is 5.75 Å². The Labute approximate surface area is 121 Å². The van der Waals surface area contributed by atoms with Crippen molar-refractivity contribution < 1.29 is 19.4 Å². The highest BCUT2D eigenvalue weighted by atomic mass is 35.5. The van der Waals surface area contributed by atoms with Gasteiger partial charge in [-0.05, 0) is 18.2 Å². The van der Waals surface area contributed by atoms with Gasteiger partial charge in [0.25, 0.3) is 0 Å². The third-order valence-corrected chi connectivity index (χ3v) is 3.42. The second kappa shape index (κ2) is 6.11. The molecule has 108 valence electrons. The molecule has 1 aromatic rings. The molecule has 6 nitrogen and oxygen atoms in total. The zero-order valence-electron chi connectivity index (χ0n) is 10.9. The Kier molecular flexibility index (Phi) is 4.46. The highest BCUT2D eigenvalue weighted by Gasteiger charge is 2.32. The highest BCUT2D eigenvalue weighted by Crippen LogP contribution is 2.25. The first-order valence-corrected chi connectivity index (χ1v) is 6.45. The molecular formula is C13H15ClN2O4. The molecule has 0 bridgehead atoms. The molecular weight excluding hydrogens is 284 g/mol. The molecule has 1 saturated heterocycles. The number of hydrogen-bond acceptors (Lipinski definition) is 4. The minimum atomic E-state index is -0.967. The molecule has 1 aliphatic heterocycles. The van der Waals surface area contributed by atoms with Crippen molar-refractivity contribution in [1.29, 1.82) is 0 Å². The van der Waals surface area contributed by atoms with Crippen LogP contribution in [-0.2, 0) is 16.1 Å². The minimum absolute atomic E-state index is 0.0344. The van der Waals surface area contributed by atoms with E-state index < -0.39 is 12.0 Å². The lowest BCUT2D eigenvalue weighted by Crippen LogP contribution is -2.56. The van der Waals surface area contributed by atoms with Gasteiger partial charge in [-0.1, -0.05) is 11.6 Å². The van der Waals surface area contributed by atoms with Gasteiger partial charge < -0.3 is 15.2 Å². The number of benzene rings is 1. The van der Waals surface area contributed by atoms with Crippen LogP contribution in [0.25, 0.3) is 0 Å². The van der Waals surface area contributed by atoms with E-state index in [1.54, 1.807) is 23.1 Å². The summed E-state index contributed by atoms with van der Waals surface area (Å²) >= 11 is 5.95. The van der Waals surface area contributed by atoms with Crippen LogP contribution in [0.4, 0.5) is 0 Å². The number of carboxylic acids is 1. The van der Waals surface area contributed by atoms with E-state index in [9.17, 15) is 14.7 Å². The van der Waals surface area contributed by atoms with Crippen LogP contribution in [-0.4, -0.2) is 48.1 Å². The number of ether oxygens (including phenoxy) is 1. The van der Waals surface area contributed by atoms with Crippen LogP contribution in [0.3, 0.4) is 0 Å². The first-order valence-electron chi connectivity index (χ1n) is 6.07. The average molecular weight is 299 g/mol. The molecule has 0 aliphatic carbocycles. The van der Waals surface area contributed by atoms with Crippen LogP contribution in [0.2, 0.25) is 5.02 Å². The summed E-state index contributed by atoms with van der Waals surface area (Å²) < 4.78 is 5.23. The number of aliphatic carboxylic acids is 1. The minimum Gasteiger partial charge on any atom is -0.496 e.